The summed E-state index contributed by atoms with van der Waals surface area (Å²) in [6, 6.07) is 7.17. The number of hydrogen-bond donors (Lipinski definition) is 3. The number of nitrogen functional groups attached to an aromatic ring is 1. The van der Waals surface area contributed by atoms with E-state index in [1.807, 2.05) is 27.3 Å². The summed E-state index contributed by atoms with van der Waals surface area (Å²) in [6.45, 7) is 2.03. The molecule has 0 spiro atoms. The molecule has 1 fully saturated rings. The number of anilines is 2. The summed E-state index contributed by atoms with van der Waals surface area (Å²) in [5.41, 5.74) is 7.99. The van der Waals surface area contributed by atoms with Crippen LogP contribution in [0, 0.1) is 0 Å². The van der Waals surface area contributed by atoms with Crippen molar-refractivity contribution in [1.82, 2.24) is 14.9 Å². The fourth-order valence-corrected chi connectivity index (χ4v) is 4.07. The minimum absolute atomic E-state index is 0.0534. The van der Waals surface area contributed by atoms with E-state index in [0.29, 0.717) is 60.0 Å². The van der Waals surface area contributed by atoms with Gasteiger partial charge in [-0.05, 0) is 34.7 Å². The number of carbonyl (C=O) groups is 1. The van der Waals surface area contributed by atoms with E-state index in [-0.39, 0.29) is 19.1 Å². The van der Waals surface area contributed by atoms with Crippen LogP contribution < -0.4 is 10.6 Å². The topological polar surface area (TPSA) is 116 Å². The second kappa shape index (κ2) is 7.70. The molecule has 146 valence electrons. The molecule has 0 atom stereocenters. The molecule has 8 nitrogen and oxygen atoms in total. The molecule has 4 N–H and O–H groups in total. The Bertz CT molecular complexity index is 1000. The number of fused-ring (bicyclic) bond motifs is 1. The first-order valence-corrected chi connectivity index (χ1v) is 9.87. The Hall–Kier alpha value is -2.75. The monoisotopic (exact) mass is 399 g/mol. The quantitative estimate of drug-likeness (QED) is 0.604. The maximum absolute atomic E-state index is 12.5. The number of thiophene rings is 1. The zero-order valence-corrected chi connectivity index (χ0v) is 16.0. The number of aliphatic hydroxyl groups is 2. The molecule has 9 heteroatoms. The van der Waals surface area contributed by atoms with Gasteiger partial charge >= 0.3 is 0 Å². The highest BCUT2D eigenvalue weighted by Gasteiger charge is 2.24. The number of hydrogen-bond acceptors (Lipinski definition) is 8. The van der Waals surface area contributed by atoms with Crippen LogP contribution in [0.3, 0.4) is 0 Å². The first kappa shape index (κ1) is 18.6. The van der Waals surface area contributed by atoms with Gasteiger partial charge in [0.1, 0.15) is 5.82 Å². The minimum Gasteiger partial charge on any atom is -0.392 e. The third kappa shape index (κ3) is 3.39. The summed E-state index contributed by atoms with van der Waals surface area (Å²) in [4.78, 5) is 26.1. The predicted molar refractivity (Wildman–Crippen MR) is 108 cm³/mol. The molecule has 0 unspecified atom stereocenters. The summed E-state index contributed by atoms with van der Waals surface area (Å²) >= 11 is 1.45. The number of nitrogens with two attached hydrogens (primary N) is 1. The van der Waals surface area contributed by atoms with Crippen molar-refractivity contribution in [1.29, 1.82) is 0 Å². The largest absolute Gasteiger partial charge is 0.392 e. The number of amides is 1. The fraction of sp³-hybridized carbons (Fsp3) is 0.316. The molecular formula is C19H21N5O3S. The van der Waals surface area contributed by atoms with Crippen molar-refractivity contribution in [2.75, 3.05) is 36.8 Å². The van der Waals surface area contributed by atoms with Crippen LogP contribution in [0.25, 0.3) is 10.9 Å². The predicted octanol–water partition coefficient (Wildman–Crippen LogP) is 1.22. The minimum atomic E-state index is -0.187. The molecule has 0 aliphatic carbocycles. The van der Waals surface area contributed by atoms with E-state index in [1.165, 1.54) is 11.3 Å². The van der Waals surface area contributed by atoms with E-state index in [2.05, 4.69) is 9.97 Å². The summed E-state index contributed by atoms with van der Waals surface area (Å²) in [7, 11) is 0. The lowest BCUT2D eigenvalue weighted by atomic mass is 10.1. The lowest BCUT2D eigenvalue weighted by Gasteiger charge is -2.34. The van der Waals surface area contributed by atoms with Crippen LogP contribution in [-0.2, 0) is 13.2 Å². The average molecular weight is 399 g/mol. The second-order valence-electron chi connectivity index (χ2n) is 6.62. The number of benzene rings is 1. The Balaban J connectivity index is 1.56. The molecule has 1 aliphatic heterocycles. The Labute approximate surface area is 165 Å². The average Bonchev–Trinajstić information content (AvgIpc) is 3.27. The summed E-state index contributed by atoms with van der Waals surface area (Å²) in [5, 5.41) is 21.5. The van der Waals surface area contributed by atoms with Crippen LogP contribution in [0.4, 0.5) is 11.8 Å². The lowest BCUT2D eigenvalue weighted by Crippen LogP contribution is -2.49. The zero-order chi connectivity index (χ0) is 19.7. The fourth-order valence-electron chi connectivity index (χ4n) is 3.38. The van der Waals surface area contributed by atoms with Gasteiger partial charge in [0.15, 0.2) is 0 Å². The van der Waals surface area contributed by atoms with Crippen molar-refractivity contribution in [2.45, 2.75) is 13.2 Å². The highest BCUT2D eigenvalue weighted by molar-refractivity contribution is 7.12. The molecule has 28 heavy (non-hydrogen) atoms. The molecule has 0 saturated carbocycles. The number of piperazine rings is 1. The Morgan fingerprint density at radius 1 is 1.11 bits per heavy atom. The van der Waals surface area contributed by atoms with Crippen molar-refractivity contribution in [3.63, 3.8) is 0 Å². The van der Waals surface area contributed by atoms with Gasteiger partial charge in [0.05, 0.1) is 23.6 Å². The number of aliphatic hydroxyl groups excluding tert-OH is 2. The van der Waals surface area contributed by atoms with Crippen molar-refractivity contribution >= 4 is 39.9 Å². The SMILES string of the molecule is Nc1nc(N2CCN(C(=O)c3cccs3)CC2)nc2cc(CO)c(CO)cc12. The summed E-state index contributed by atoms with van der Waals surface area (Å²) in [5.74, 6) is 0.892. The van der Waals surface area contributed by atoms with Gasteiger partial charge < -0.3 is 25.7 Å². The van der Waals surface area contributed by atoms with Crippen LogP contribution in [0.1, 0.15) is 20.8 Å². The third-order valence-electron chi connectivity index (χ3n) is 4.96. The van der Waals surface area contributed by atoms with E-state index < -0.39 is 0 Å². The van der Waals surface area contributed by atoms with Crippen molar-refractivity contribution in [2.24, 2.45) is 0 Å². The van der Waals surface area contributed by atoms with E-state index in [1.54, 1.807) is 12.1 Å². The molecule has 0 radical (unpaired) electrons. The van der Waals surface area contributed by atoms with E-state index >= 15 is 0 Å². The van der Waals surface area contributed by atoms with Gasteiger partial charge in [-0.25, -0.2) is 4.98 Å². The number of carbonyl (C=O) groups excluding carboxylic acids is 1. The Kier molecular flexibility index (Phi) is 5.12. The molecule has 0 bridgehead atoms. The molecule has 1 amide bonds. The molecule has 3 heterocycles. The second-order valence-corrected chi connectivity index (χ2v) is 7.57. The Morgan fingerprint density at radius 3 is 2.46 bits per heavy atom. The highest BCUT2D eigenvalue weighted by atomic mass is 32.1. The maximum atomic E-state index is 12.5. The van der Waals surface area contributed by atoms with Gasteiger partial charge in [0, 0.05) is 31.6 Å². The van der Waals surface area contributed by atoms with Gasteiger partial charge in [-0.15, -0.1) is 11.3 Å². The van der Waals surface area contributed by atoms with Crippen molar-refractivity contribution in [3.05, 3.63) is 45.6 Å². The number of rotatable bonds is 4. The molecule has 3 aromatic rings. The van der Waals surface area contributed by atoms with Crippen LogP contribution in [0.2, 0.25) is 0 Å². The molecule has 1 saturated heterocycles. The molecule has 4 rings (SSSR count). The highest BCUT2D eigenvalue weighted by Crippen LogP contribution is 2.26. The van der Waals surface area contributed by atoms with Gasteiger partial charge in [-0.2, -0.15) is 4.98 Å². The maximum Gasteiger partial charge on any atom is 0.264 e. The summed E-state index contributed by atoms with van der Waals surface area (Å²) < 4.78 is 0. The molecule has 2 aromatic heterocycles. The Morgan fingerprint density at radius 2 is 1.82 bits per heavy atom. The molecule has 1 aliphatic rings. The lowest BCUT2D eigenvalue weighted by molar-refractivity contribution is 0.0751. The third-order valence-corrected chi connectivity index (χ3v) is 5.82. The molecule has 1 aromatic carbocycles. The first-order chi connectivity index (χ1) is 13.6. The van der Waals surface area contributed by atoms with E-state index in [4.69, 9.17) is 5.73 Å². The van der Waals surface area contributed by atoms with Crippen molar-refractivity contribution in [3.8, 4) is 0 Å². The van der Waals surface area contributed by atoms with Crippen molar-refractivity contribution < 1.29 is 15.0 Å². The zero-order valence-electron chi connectivity index (χ0n) is 15.2. The number of aromatic nitrogens is 2. The first-order valence-electron chi connectivity index (χ1n) is 8.99. The van der Waals surface area contributed by atoms with E-state index in [9.17, 15) is 15.0 Å². The van der Waals surface area contributed by atoms with E-state index in [0.717, 1.165) is 4.88 Å². The van der Waals surface area contributed by atoms with Crippen LogP contribution in [0.15, 0.2) is 29.6 Å². The van der Waals surface area contributed by atoms with Crippen LogP contribution >= 0.6 is 11.3 Å². The van der Waals surface area contributed by atoms with Gasteiger partial charge in [-0.3, -0.25) is 4.79 Å². The van der Waals surface area contributed by atoms with Gasteiger partial charge in [-0.1, -0.05) is 6.07 Å². The normalized spacial score (nSPS) is 14.6. The standard InChI is InChI=1S/C19H21N5O3S/c20-17-14-8-12(10-25)13(11-26)9-15(14)21-19(22-17)24-5-3-23(4-6-24)18(27)16-2-1-7-28-16/h1-2,7-9,25-26H,3-6,10-11H2,(H2,20,21,22). The molecular weight excluding hydrogens is 378 g/mol. The van der Waals surface area contributed by atoms with Gasteiger partial charge in [0.2, 0.25) is 5.95 Å². The van der Waals surface area contributed by atoms with Crippen LogP contribution in [-0.4, -0.2) is 57.2 Å². The number of nitrogens with zero attached hydrogens (tertiary/aromatic N) is 4. The smallest absolute Gasteiger partial charge is 0.264 e. The van der Waals surface area contributed by atoms with Crippen LogP contribution in [0.5, 0.6) is 0 Å². The van der Waals surface area contributed by atoms with Gasteiger partial charge in [0.25, 0.3) is 5.91 Å². The summed E-state index contributed by atoms with van der Waals surface area (Å²) in [6.07, 6.45) is 0.